The quantitative estimate of drug-likeness (QED) is 0.733. The number of nitrogens with zero attached hydrogens (tertiary/aromatic N) is 2. The molecule has 1 amide bonds. The smallest absolute Gasteiger partial charge is 0.260 e. The highest BCUT2D eigenvalue weighted by Crippen LogP contribution is 2.27. The number of benzene rings is 2. The Labute approximate surface area is 161 Å². The van der Waals surface area contributed by atoms with Gasteiger partial charge in [-0.2, -0.15) is 0 Å². The maximum Gasteiger partial charge on any atom is 0.260 e. The van der Waals surface area contributed by atoms with E-state index in [4.69, 9.17) is 16.3 Å². The molecule has 0 spiro atoms. The number of hydrogen-bond donors (Lipinski definition) is 0. The molecular weight excluding hydrogens is 404 g/mol. The lowest BCUT2D eigenvalue weighted by atomic mass is 10.2. The summed E-state index contributed by atoms with van der Waals surface area (Å²) in [5, 5.41) is 0.495. The third-order valence-electron chi connectivity index (χ3n) is 4.22. The molecule has 3 rings (SSSR count). The lowest BCUT2D eigenvalue weighted by Gasteiger charge is -2.34. The van der Waals surface area contributed by atoms with E-state index in [1.807, 2.05) is 17.0 Å². The van der Waals surface area contributed by atoms with Crippen LogP contribution in [-0.4, -0.2) is 48.5 Å². The van der Waals surface area contributed by atoms with Crippen molar-refractivity contribution in [1.29, 1.82) is 0 Å². The fraction of sp³-hybridized carbons (Fsp3) is 0.316. The van der Waals surface area contributed by atoms with E-state index in [9.17, 15) is 4.79 Å². The molecule has 1 heterocycles. The molecule has 0 saturated carbocycles. The third kappa shape index (κ3) is 5.21. The van der Waals surface area contributed by atoms with Gasteiger partial charge in [0.15, 0.2) is 6.61 Å². The first-order chi connectivity index (χ1) is 12.1. The molecule has 132 valence electrons. The van der Waals surface area contributed by atoms with Gasteiger partial charge in [-0.25, -0.2) is 0 Å². The lowest BCUT2D eigenvalue weighted by Crippen LogP contribution is -2.49. The number of carbonyl (C=O) groups excluding carboxylic acids is 1. The van der Waals surface area contributed by atoms with E-state index in [2.05, 4.69) is 45.1 Å². The van der Waals surface area contributed by atoms with Gasteiger partial charge in [0.1, 0.15) is 5.75 Å². The van der Waals surface area contributed by atoms with Crippen molar-refractivity contribution < 1.29 is 9.53 Å². The second-order valence-corrected chi connectivity index (χ2v) is 7.33. The molecule has 2 aromatic carbocycles. The van der Waals surface area contributed by atoms with E-state index in [1.165, 1.54) is 5.56 Å². The van der Waals surface area contributed by atoms with Crippen LogP contribution >= 0.6 is 27.5 Å². The Morgan fingerprint density at radius 3 is 2.48 bits per heavy atom. The first-order valence-corrected chi connectivity index (χ1v) is 9.41. The van der Waals surface area contributed by atoms with Crippen molar-refractivity contribution in [3.8, 4) is 5.75 Å². The molecule has 2 aromatic rings. The molecule has 25 heavy (non-hydrogen) atoms. The predicted molar refractivity (Wildman–Crippen MR) is 103 cm³/mol. The number of ether oxygens (including phenoxy) is 1. The molecule has 0 atom stereocenters. The fourth-order valence-corrected chi connectivity index (χ4v) is 3.55. The minimum atomic E-state index is -0.00153. The van der Waals surface area contributed by atoms with Crippen molar-refractivity contribution in [2.24, 2.45) is 0 Å². The highest BCUT2D eigenvalue weighted by atomic mass is 79.9. The van der Waals surface area contributed by atoms with E-state index in [1.54, 1.807) is 12.1 Å². The Kier molecular flexibility index (Phi) is 6.34. The number of amides is 1. The minimum absolute atomic E-state index is 0.00153. The zero-order valence-electron chi connectivity index (χ0n) is 13.8. The van der Waals surface area contributed by atoms with Crippen LogP contribution in [0.3, 0.4) is 0 Å². The van der Waals surface area contributed by atoms with Crippen LogP contribution in [0.4, 0.5) is 0 Å². The molecule has 1 fully saturated rings. The standard InChI is InChI=1S/C19H20BrClN2O2/c20-16-6-7-18(17(21)12-16)25-14-19(24)23-10-8-22(9-11-23)13-15-4-2-1-3-5-15/h1-7,12H,8-11,13-14H2. The van der Waals surface area contributed by atoms with Gasteiger partial charge in [-0.15, -0.1) is 0 Å². The zero-order chi connectivity index (χ0) is 17.6. The van der Waals surface area contributed by atoms with Gasteiger partial charge in [0.2, 0.25) is 0 Å². The van der Waals surface area contributed by atoms with Crippen molar-refractivity contribution in [1.82, 2.24) is 9.80 Å². The first-order valence-electron chi connectivity index (χ1n) is 8.24. The molecule has 0 unspecified atom stereocenters. The molecule has 4 nitrogen and oxygen atoms in total. The summed E-state index contributed by atoms with van der Waals surface area (Å²) in [4.78, 5) is 16.6. The molecule has 6 heteroatoms. The van der Waals surface area contributed by atoms with E-state index in [-0.39, 0.29) is 12.5 Å². The van der Waals surface area contributed by atoms with Crippen LogP contribution in [0.5, 0.6) is 5.75 Å². The topological polar surface area (TPSA) is 32.8 Å². The second kappa shape index (κ2) is 8.70. The second-order valence-electron chi connectivity index (χ2n) is 6.01. The molecule has 0 radical (unpaired) electrons. The van der Waals surface area contributed by atoms with Crippen molar-refractivity contribution in [3.05, 3.63) is 63.6 Å². The molecule has 0 bridgehead atoms. The summed E-state index contributed by atoms with van der Waals surface area (Å²) in [6.45, 7) is 4.14. The predicted octanol–water partition coefficient (Wildman–Crippen LogP) is 3.83. The van der Waals surface area contributed by atoms with Crippen LogP contribution in [0.1, 0.15) is 5.56 Å². The molecular formula is C19H20BrClN2O2. The summed E-state index contributed by atoms with van der Waals surface area (Å²) < 4.78 is 6.45. The van der Waals surface area contributed by atoms with Crippen LogP contribution in [0, 0.1) is 0 Å². The molecule has 0 N–H and O–H groups in total. The number of carbonyl (C=O) groups is 1. The Bertz CT molecular complexity index is 719. The maximum atomic E-state index is 12.3. The van der Waals surface area contributed by atoms with Gasteiger partial charge in [0.25, 0.3) is 5.91 Å². The summed E-state index contributed by atoms with van der Waals surface area (Å²) in [5.41, 5.74) is 1.30. The van der Waals surface area contributed by atoms with Gasteiger partial charge in [-0.05, 0) is 23.8 Å². The minimum Gasteiger partial charge on any atom is -0.482 e. The van der Waals surface area contributed by atoms with Gasteiger partial charge in [-0.3, -0.25) is 9.69 Å². The van der Waals surface area contributed by atoms with E-state index in [0.29, 0.717) is 10.8 Å². The van der Waals surface area contributed by atoms with Crippen LogP contribution in [-0.2, 0) is 11.3 Å². The van der Waals surface area contributed by atoms with Gasteiger partial charge in [-0.1, -0.05) is 57.9 Å². The van der Waals surface area contributed by atoms with Crippen LogP contribution in [0.15, 0.2) is 53.0 Å². The summed E-state index contributed by atoms with van der Waals surface area (Å²) >= 11 is 9.46. The number of hydrogen-bond acceptors (Lipinski definition) is 3. The summed E-state index contributed by atoms with van der Waals surface area (Å²) in [6.07, 6.45) is 0. The summed E-state index contributed by atoms with van der Waals surface area (Å²) in [7, 11) is 0. The Hall–Kier alpha value is -1.56. The monoisotopic (exact) mass is 422 g/mol. The molecule has 1 aliphatic rings. The normalized spacial score (nSPS) is 15.2. The van der Waals surface area contributed by atoms with Gasteiger partial charge in [0, 0.05) is 37.2 Å². The number of piperazine rings is 1. The Morgan fingerprint density at radius 2 is 1.80 bits per heavy atom. The van der Waals surface area contributed by atoms with E-state index < -0.39 is 0 Å². The molecule has 0 aromatic heterocycles. The highest BCUT2D eigenvalue weighted by molar-refractivity contribution is 9.10. The van der Waals surface area contributed by atoms with Crippen LogP contribution < -0.4 is 4.74 Å². The fourth-order valence-electron chi connectivity index (χ4n) is 2.82. The summed E-state index contributed by atoms with van der Waals surface area (Å²) in [6, 6.07) is 15.8. The molecule has 0 aliphatic carbocycles. The van der Waals surface area contributed by atoms with E-state index in [0.717, 1.165) is 37.2 Å². The maximum absolute atomic E-state index is 12.3. The Balaban J connectivity index is 1.45. The molecule has 1 saturated heterocycles. The number of rotatable bonds is 5. The van der Waals surface area contributed by atoms with Crippen molar-refractivity contribution in [3.63, 3.8) is 0 Å². The lowest BCUT2D eigenvalue weighted by molar-refractivity contribution is -0.135. The first kappa shape index (κ1) is 18.2. The molecule has 1 aliphatic heterocycles. The van der Waals surface area contributed by atoms with Gasteiger partial charge in [0.05, 0.1) is 5.02 Å². The van der Waals surface area contributed by atoms with Gasteiger partial charge < -0.3 is 9.64 Å². The highest BCUT2D eigenvalue weighted by Gasteiger charge is 2.21. The van der Waals surface area contributed by atoms with E-state index >= 15 is 0 Å². The van der Waals surface area contributed by atoms with Crippen molar-refractivity contribution in [2.75, 3.05) is 32.8 Å². The van der Waals surface area contributed by atoms with Crippen molar-refractivity contribution in [2.45, 2.75) is 6.54 Å². The zero-order valence-corrected chi connectivity index (χ0v) is 16.2. The third-order valence-corrected chi connectivity index (χ3v) is 5.01. The summed E-state index contributed by atoms with van der Waals surface area (Å²) in [5.74, 6) is 0.527. The average Bonchev–Trinajstić information content (AvgIpc) is 2.62. The average molecular weight is 424 g/mol. The van der Waals surface area contributed by atoms with Gasteiger partial charge >= 0.3 is 0 Å². The SMILES string of the molecule is O=C(COc1ccc(Br)cc1Cl)N1CCN(Cc2ccccc2)CC1. The number of halogens is 2. The largest absolute Gasteiger partial charge is 0.482 e. The van der Waals surface area contributed by atoms with Crippen molar-refractivity contribution >= 4 is 33.4 Å². The van der Waals surface area contributed by atoms with Crippen LogP contribution in [0.2, 0.25) is 5.02 Å². The van der Waals surface area contributed by atoms with Crippen LogP contribution in [0.25, 0.3) is 0 Å². The Morgan fingerprint density at radius 1 is 1.08 bits per heavy atom.